The van der Waals surface area contributed by atoms with Gasteiger partial charge < -0.3 is 4.90 Å². The second kappa shape index (κ2) is 4.96. The van der Waals surface area contributed by atoms with Crippen LogP contribution in [0.3, 0.4) is 0 Å². The van der Waals surface area contributed by atoms with Crippen molar-refractivity contribution in [2.45, 2.75) is 26.2 Å². The van der Waals surface area contributed by atoms with Crippen LogP contribution in [0.25, 0.3) is 0 Å². The topological polar surface area (TPSA) is 45.2 Å². The Labute approximate surface area is 95.7 Å². The highest BCUT2D eigenvalue weighted by Gasteiger charge is 2.16. The minimum atomic E-state index is -0.0298. The molecule has 0 aromatic carbocycles. The largest absolute Gasteiger partial charge is 0.325 e. The zero-order chi connectivity index (χ0) is 11.4. The fraction of sp³-hybridized carbons (Fsp3) is 0.500. The normalized spacial score (nSPS) is 15.9. The number of hydrogen-bond donors (Lipinski definition) is 1. The number of aryl methyl sites for hydroxylation is 1. The third-order valence-corrected chi connectivity index (χ3v) is 2.79. The van der Waals surface area contributed by atoms with Crippen LogP contribution < -0.4 is 5.32 Å². The van der Waals surface area contributed by atoms with Gasteiger partial charge in [0.25, 0.3) is 0 Å². The second-order valence-corrected chi connectivity index (χ2v) is 4.20. The lowest BCUT2D eigenvalue weighted by Crippen LogP contribution is -2.38. The van der Waals surface area contributed by atoms with Crippen molar-refractivity contribution in [3.8, 4) is 0 Å². The molecule has 86 valence electrons. The predicted molar refractivity (Wildman–Crippen MR) is 63.4 cm³/mol. The van der Waals surface area contributed by atoms with Gasteiger partial charge in [-0.1, -0.05) is 0 Å². The van der Waals surface area contributed by atoms with E-state index >= 15 is 0 Å². The molecule has 0 unspecified atom stereocenters. The van der Waals surface area contributed by atoms with Gasteiger partial charge in [-0.3, -0.25) is 5.32 Å². The maximum atomic E-state index is 11.9. The first-order valence-electron chi connectivity index (χ1n) is 5.74. The number of aromatic nitrogens is 1. The van der Waals surface area contributed by atoms with E-state index in [2.05, 4.69) is 10.3 Å². The van der Waals surface area contributed by atoms with E-state index in [1.165, 1.54) is 6.42 Å². The highest BCUT2D eigenvalue weighted by atomic mass is 16.2. The van der Waals surface area contributed by atoms with E-state index in [0.717, 1.165) is 31.5 Å². The van der Waals surface area contributed by atoms with E-state index in [-0.39, 0.29) is 6.03 Å². The van der Waals surface area contributed by atoms with Gasteiger partial charge in [0.2, 0.25) is 0 Å². The van der Waals surface area contributed by atoms with Crippen LogP contribution in [-0.4, -0.2) is 29.0 Å². The summed E-state index contributed by atoms with van der Waals surface area (Å²) in [7, 11) is 0. The predicted octanol–water partition coefficient (Wildman–Crippen LogP) is 2.41. The summed E-state index contributed by atoms with van der Waals surface area (Å²) in [4.78, 5) is 17.8. The van der Waals surface area contributed by atoms with Gasteiger partial charge in [-0.25, -0.2) is 9.78 Å². The third kappa shape index (κ3) is 2.72. The van der Waals surface area contributed by atoms with Gasteiger partial charge in [0.05, 0.1) is 0 Å². The van der Waals surface area contributed by atoms with E-state index in [1.54, 1.807) is 6.20 Å². The van der Waals surface area contributed by atoms with E-state index in [4.69, 9.17) is 0 Å². The van der Waals surface area contributed by atoms with E-state index in [9.17, 15) is 4.79 Å². The number of carbonyl (C=O) groups excluding carboxylic acids is 1. The SMILES string of the molecule is Cc1ccnc(NC(=O)N2CCCCC2)c1. The number of likely N-dealkylation sites (tertiary alicyclic amines) is 1. The lowest BCUT2D eigenvalue weighted by Gasteiger charge is -2.26. The number of rotatable bonds is 1. The molecule has 1 aromatic rings. The number of hydrogen-bond acceptors (Lipinski definition) is 2. The number of nitrogens with one attached hydrogen (secondary N) is 1. The monoisotopic (exact) mass is 219 g/mol. The molecule has 0 atom stereocenters. The van der Waals surface area contributed by atoms with Crippen LogP contribution in [0.5, 0.6) is 0 Å². The Morgan fingerprint density at radius 2 is 2.12 bits per heavy atom. The number of pyridine rings is 1. The average Bonchev–Trinajstić information content (AvgIpc) is 2.30. The Hall–Kier alpha value is -1.58. The van der Waals surface area contributed by atoms with Gasteiger partial charge in [-0.15, -0.1) is 0 Å². The minimum Gasteiger partial charge on any atom is -0.325 e. The molecule has 2 amide bonds. The van der Waals surface area contributed by atoms with Crippen LogP contribution in [0.1, 0.15) is 24.8 Å². The zero-order valence-corrected chi connectivity index (χ0v) is 9.57. The van der Waals surface area contributed by atoms with Gasteiger partial charge in [0, 0.05) is 19.3 Å². The molecule has 4 nitrogen and oxygen atoms in total. The van der Waals surface area contributed by atoms with Crippen molar-refractivity contribution < 1.29 is 4.79 Å². The van der Waals surface area contributed by atoms with Crippen molar-refractivity contribution in [3.05, 3.63) is 23.9 Å². The highest BCUT2D eigenvalue weighted by Crippen LogP contribution is 2.11. The smallest absolute Gasteiger partial charge is 0.323 e. The molecule has 1 aromatic heterocycles. The van der Waals surface area contributed by atoms with Gasteiger partial charge in [-0.2, -0.15) is 0 Å². The molecule has 1 N–H and O–H groups in total. The Kier molecular flexibility index (Phi) is 3.39. The Balaban J connectivity index is 1.96. The first-order chi connectivity index (χ1) is 7.75. The highest BCUT2D eigenvalue weighted by molar-refractivity contribution is 5.88. The molecule has 1 fully saturated rings. The Morgan fingerprint density at radius 1 is 1.38 bits per heavy atom. The lowest BCUT2D eigenvalue weighted by atomic mass is 10.1. The summed E-state index contributed by atoms with van der Waals surface area (Å²) in [5.74, 6) is 0.635. The number of piperidine rings is 1. The van der Waals surface area contributed by atoms with Crippen LogP contribution in [0, 0.1) is 6.92 Å². The molecule has 1 aliphatic heterocycles. The number of amides is 2. The van der Waals surface area contributed by atoms with Crippen LogP contribution in [0.4, 0.5) is 10.6 Å². The van der Waals surface area contributed by atoms with Crippen molar-refractivity contribution in [3.63, 3.8) is 0 Å². The molecule has 0 bridgehead atoms. The van der Waals surface area contributed by atoms with Crippen LogP contribution in [-0.2, 0) is 0 Å². The van der Waals surface area contributed by atoms with Gasteiger partial charge in [-0.05, 0) is 43.9 Å². The standard InChI is InChI=1S/C12H17N3O/c1-10-5-6-13-11(9-10)14-12(16)15-7-3-2-4-8-15/h5-6,9H,2-4,7-8H2,1H3,(H,13,14,16). The molecule has 2 rings (SSSR count). The summed E-state index contributed by atoms with van der Waals surface area (Å²) in [6.07, 6.45) is 5.15. The summed E-state index contributed by atoms with van der Waals surface area (Å²) in [5.41, 5.74) is 1.10. The average molecular weight is 219 g/mol. The lowest BCUT2D eigenvalue weighted by molar-refractivity contribution is 0.200. The van der Waals surface area contributed by atoms with Crippen molar-refractivity contribution >= 4 is 11.8 Å². The number of anilines is 1. The second-order valence-electron chi connectivity index (χ2n) is 4.20. The summed E-state index contributed by atoms with van der Waals surface area (Å²) < 4.78 is 0. The summed E-state index contributed by atoms with van der Waals surface area (Å²) in [5, 5.41) is 2.83. The maximum absolute atomic E-state index is 11.9. The number of nitrogens with zero attached hydrogens (tertiary/aromatic N) is 2. The fourth-order valence-corrected chi connectivity index (χ4v) is 1.89. The zero-order valence-electron chi connectivity index (χ0n) is 9.57. The minimum absolute atomic E-state index is 0.0298. The molecule has 1 saturated heterocycles. The molecule has 0 saturated carbocycles. The number of carbonyl (C=O) groups is 1. The van der Waals surface area contributed by atoms with Gasteiger partial charge in [0.1, 0.15) is 5.82 Å². The van der Waals surface area contributed by atoms with Crippen molar-refractivity contribution in [2.24, 2.45) is 0 Å². The van der Waals surface area contributed by atoms with Crippen LogP contribution in [0.15, 0.2) is 18.3 Å². The van der Waals surface area contributed by atoms with E-state index < -0.39 is 0 Å². The summed E-state index contributed by atoms with van der Waals surface area (Å²) >= 11 is 0. The molecular weight excluding hydrogens is 202 g/mol. The van der Waals surface area contributed by atoms with Gasteiger partial charge in [0.15, 0.2) is 0 Å². The van der Waals surface area contributed by atoms with Crippen LogP contribution in [0.2, 0.25) is 0 Å². The Morgan fingerprint density at radius 3 is 2.81 bits per heavy atom. The fourth-order valence-electron chi connectivity index (χ4n) is 1.89. The van der Waals surface area contributed by atoms with Crippen molar-refractivity contribution in [2.75, 3.05) is 18.4 Å². The molecular formula is C12H17N3O. The molecule has 2 heterocycles. The van der Waals surface area contributed by atoms with Crippen molar-refractivity contribution in [1.82, 2.24) is 9.88 Å². The molecule has 0 radical (unpaired) electrons. The van der Waals surface area contributed by atoms with E-state index in [0.29, 0.717) is 5.82 Å². The summed E-state index contributed by atoms with van der Waals surface area (Å²) in [6, 6.07) is 3.76. The van der Waals surface area contributed by atoms with Gasteiger partial charge >= 0.3 is 6.03 Å². The maximum Gasteiger partial charge on any atom is 0.323 e. The molecule has 0 spiro atoms. The first-order valence-corrected chi connectivity index (χ1v) is 5.74. The number of urea groups is 1. The third-order valence-electron chi connectivity index (χ3n) is 2.79. The molecule has 1 aliphatic rings. The van der Waals surface area contributed by atoms with E-state index in [1.807, 2.05) is 24.0 Å². The molecule has 0 aliphatic carbocycles. The first kappa shape index (κ1) is 10.9. The molecule has 4 heteroatoms. The quantitative estimate of drug-likeness (QED) is 0.788. The Bertz CT molecular complexity index is 372. The van der Waals surface area contributed by atoms with Crippen LogP contribution >= 0.6 is 0 Å². The van der Waals surface area contributed by atoms with Crippen molar-refractivity contribution in [1.29, 1.82) is 0 Å². The summed E-state index contributed by atoms with van der Waals surface area (Å²) in [6.45, 7) is 3.70. The molecule has 16 heavy (non-hydrogen) atoms.